The number of rotatable bonds is 6. The van der Waals surface area contributed by atoms with Crippen LogP contribution in [0.3, 0.4) is 0 Å². The van der Waals surface area contributed by atoms with Crippen molar-refractivity contribution in [1.82, 2.24) is 4.90 Å². The molecule has 0 aliphatic carbocycles. The Bertz CT molecular complexity index is 884. The number of Topliss-reactive ketones (excluding diaryl/α,β-unsaturated/α-hetero) is 1. The summed E-state index contributed by atoms with van der Waals surface area (Å²) in [5, 5.41) is 4.48. The molecule has 0 spiro atoms. The Morgan fingerprint density at radius 2 is 1.79 bits per heavy atom. The van der Waals surface area contributed by atoms with Gasteiger partial charge < -0.3 is 15.0 Å². The maximum Gasteiger partial charge on any atom is 0.309 e. The van der Waals surface area contributed by atoms with E-state index in [4.69, 9.17) is 4.74 Å². The lowest BCUT2D eigenvalue weighted by molar-refractivity contribution is -0.148. The highest BCUT2D eigenvalue weighted by atomic mass is 32.1. The lowest BCUT2D eigenvalue weighted by atomic mass is 9.97. The number of esters is 1. The number of amides is 2. The van der Waals surface area contributed by atoms with E-state index in [1.807, 2.05) is 11.4 Å². The first-order valence-electron chi connectivity index (χ1n) is 9.34. The topological polar surface area (TPSA) is 92.8 Å². The van der Waals surface area contributed by atoms with E-state index in [9.17, 15) is 19.2 Å². The summed E-state index contributed by atoms with van der Waals surface area (Å²) in [6.07, 6.45) is 1.05. The molecule has 0 atom stereocenters. The molecule has 3 rings (SSSR count). The molecule has 1 aliphatic rings. The van der Waals surface area contributed by atoms with Crippen molar-refractivity contribution in [2.24, 2.45) is 5.92 Å². The second kappa shape index (κ2) is 9.47. The van der Waals surface area contributed by atoms with Gasteiger partial charge in [-0.2, -0.15) is 0 Å². The zero-order valence-corrected chi connectivity index (χ0v) is 16.9. The highest BCUT2D eigenvalue weighted by Crippen LogP contribution is 2.22. The van der Waals surface area contributed by atoms with Crippen molar-refractivity contribution >= 4 is 40.6 Å². The summed E-state index contributed by atoms with van der Waals surface area (Å²) in [7, 11) is 0. The maximum atomic E-state index is 12.3. The van der Waals surface area contributed by atoms with Crippen LogP contribution in [0, 0.1) is 5.92 Å². The number of piperidine rings is 1. The van der Waals surface area contributed by atoms with Gasteiger partial charge in [0.2, 0.25) is 5.91 Å². The number of hydrogen-bond donors (Lipinski definition) is 1. The number of anilines is 1. The molecule has 8 heteroatoms. The van der Waals surface area contributed by atoms with Gasteiger partial charge in [-0.25, -0.2) is 0 Å². The lowest BCUT2D eigenvalue weighted by Gasteiger charge is -2.30. The second-order valence-electron chi connectivity index (χ2n) is 6.83. The van der Waals surface area contributed by atoms with Gasteiger partial charge in [-0.3, -0.25) is 19.2 Å². The number of benzene rings is 1. The largest absolute Gasteiger partial charge is 0.457 e. The Labute approximate surface area is 172 Å². The molecule has 0 bridgehead atoms. The van der Waals surface area contributed by atoms with E-state index < -0.39 is 5.97 Å². The van der Waals surface area contributed by atoms with Gasteiger partial charge in [0.25, 0.3) is 5.91 Å². The Morgan fingerprint density at radius 1 is 1.10 bits per heavy atom. The minimum Gasteiger partial charge on any atom is -0.457 e. The molecule has 2 heterocycles. The maximum absolute atomic E-state index is 12.3. The molecular weight excluding hydrogens is 392 g/mol. The van der Waals surface area contributed by atoms with Crippen LogP contribution in [0.1, 0.15) is 39.8 Å². The van der Waals surface area contributed by atoms with Crippen LogP contribution in [0.4, 0.5) is 5.69 Å². The average Bonchev–Trinajstić information content (AvgIpc) is 3.26. The normalized spacial score (nSPS) is 14.3. The molecule has 2 aromatic rings. The van der Waals surface area contributed by atoms with Crippen molar-refractivity contribution in [2.75, 3.05) is 25.0 Å². The van der Waals surface area contributed by atoms with Crippen LogP contribution in [0.2, 0.25) is 0 Å². The van der Waals surface area contributed by atoms with E-state index in [1.54, 1.807) is 35.2 Å². The summed E-state index contributed by atoms with van der Waals surface area (Å²) < 4.78 is 5.20. The molecule has 0 radical (unpaired) electrons. The summed E-state index contributed by atoms with van der Waals surface area (Å²) in [5.74, 6) is -1.22. The molecule has 7 nitrogen and oxygen atoms in total. The fraction of sp³-hybridized carbons (Fsp3) is 0.333. The minimum atomic E-state index is -0.406. The third-order valence-corrected chi connectivity index (χ3v) is 5.58. The Hall–Kier alpha value is -3.00. The van der Waals surface area contributed by atoms with Crippen molar-refractivity contribution in [2.45, 2.75) is 19.8 Å². The quantitative estimate of drug-likeness (QED) is 0.579. The summed E-state index contributed by atoms with van der Waals surface area (Å²) in [6.45, 7) is 2.07. The molecular formula is C21H22N2O5S. The third kappa shape index (κ3) is 5.51. The van der Waals surface area contributed by atoms with Crippen LogP contribution in [0.5, 0.6) is 0 Å². The SMILES string of the molecule is CC(=O)Nc1ccc(C(=O)COC(=O)C2CCN(C(=O)c3cccs3)CC2)cc1. The van der Waals surface area contributed by atoms with Crippen LogP contribution in [-0.2, 0) is 14.3 Å². The lowest BCUT2D eigenvalue weighted by Crippen LogP contribution is -2.40. The zero-order chi connectivity index (χ0) is 20.8. The van der Waals surface area contributed by atoms with E-state index in [-0.39, 0.29) is 30.1 Å². The van der Waals surface area contributed by atoms with Crippen LogP contribution in [0.25, 0.3) is 0 Å². The molecule has 29 heavy (non-hydrogen) atoms. The Morgan fingerprint density at radius 3 is 2.38 bits per heavy atom. The number of thiophene rings is 1. The average molecular weight is 414 g/mol. The van der Waals surface area contributed by atoms with E-state index in [0.717, 1.165) is 0 Å². The van der Waals surface area contributed by atoms with Crippen molar-refractivity contribution in [3.8, 4) is 0 Å². The number of ether oxygens (including phenoxy) is 1. The first-order valence-corrected chi connectivity index (χ1v) is 10.2. The molecule has 1 aromatic heterocycles. The summed E-state index contributed by atoms with van der Waals surface area (Å²) in [4.78, 5) is 50.3. The molecule has 0 saturated carbocycles. The third-order valence-electron chi connectivity index (χ3n) is 4.72. The van der Waals surface area contributed by atoms with Gasteiger partial charge in [-0.15, -0.1) is 11.3 Å². The van der Waals surface area contributed by atoms with Gasteiger partial charge in [0.15, 0.2) is 12.4 Å². The van der Waals surface area contributed by atoms with Crippen LogP contribution < -0.4 is 5.32 Å². The molecule has 1 aromatic carbocycles. The fourth-order valence-corrected chi connectivity index (χ4v) is 3.85. The van der Waals surface area contributed by atoms with Gasteiger partial charge >= 0.3 is 5.97 Å². The van der Waals surface area contributed by atoms with Gasteiger partial charge in [0, 0.05) is 31.3 Å². The van der Waals surface area contributed by atoms with Gasteiger partial charge in [-0.1, -0.05) is 6.07 Å². The van der Waals surface area contributed by atoms with Gasteiger partial charge in [0.1, 0.15) is 0 Å². The summed E-state index contributed by atoms with van der Waals surface area (Å²) >= 11 is 1.40. The van der Waals surface area contributed by atoms with Crippen molar-refractivity contribution in [3.63, 3.8) is 0 Å². The van der Waals surface area contributed by atoms with Crippen molar-refractivity contribution < 1.29 is 23.9 Å². The Balaban J connectivity index is 1.44. The molecule has 1 aliphatic heterocycles. The van der Waals surface area contributed by atoms with Gasteiger partial charge in [0.05, 0.1) is 10.8 Å². The minimum absolute atomic E-state index is 0.00953. The van der Waals surface area contributed by atoms with E-state index in [1.165, 1.54) is 18.3 Å². The number of carbonyl (C=O) groups excluding carboxylic acids is 4. The smallest absolute Gasteiger partial charge is 0.309 e. The van der Waals surface area contributed by atoms with Crippen molar-refractivity contribution in [3.05, 3.63) is 52.2 Å². The molecule has 2 amide bonds. The molecule has 1 fully saturated rings. The number of hydrogen-bond acceptors (Lipinski definition) is 6. The first kappa shape index (κ1) is 20.7. The van der Waals surface area contributed by atoms with Crippen LogP contribution >= 0.6 is 11.3 Å². The number of nitrogens with zero attached hydrogens (tertiary/aromatic N) is 1. The summed E-state index contributed by atoms with van der Waals surface area (Å²) in [6, 6.07) is 10.0. The molecule has 0 unspecified atom stereocenters. The molecule has 1 N–H and O–H groups in total. The highest BCUT2D eigenvalue weighted by molar-refractivity contribution is 7.12. The van der Waals surface area contributed by atoms with Crippen molar-refractivity contribution in [1.29, 1.82) is 0 Å². The predicted octanol–water partition coefficient (Wildman–Crippen LogP) is 2.98. The number of nitrogens with one attached hydrogen (secondary N) is 1. The first-order chi connectivity index (χ1) is 13.9. The number of likely N-dealkylation sites (tertiary alicyclic amines) is 1. The highest BCUT2D eigenvalue weighted by Gasteiger charge is 2.29. The van der Waals surface area contributed by atoms with Crippen LogP contribution in [-0.4, -0.2) is 48.2 Å². The molecule has 152 valence electrons. The second-order valence-corrected chi connectivity index (χ2v) is 7.78. The van der Waals surface area contributed by atoms with Gasteiger partial charge in [-0.05, 0) is 48.6 Å². The number of carbonyl (C=O) groups is 4. The van der Waals surface area contributed by atoms with E-state index in [2.05, 4.69) is 5.32 Å². The van der Waals surface area contributed by atoms with Crippen LogP contribution in [0.15, 0.2) is 41.8 Å². The van der Waals surface area contributed by atoms with E-state index in [0.29, 0.717) is 42.1 Å². The summed E-state index contributed by atoms with van der Waals surface area (Å²) in [5.41, 5.74) is 0.998. The monoisotopic (exact) mass is 414 g/mol. The standard InChI is InChI=1S/C21H22N2O5S/c1-14(24)22-17-6-4-15(5-7-17)18(25)13-28-21(27)16-8-10-23(11-9-16)20(26)19-3-2-12-29-19/h2-7,12,16H,8-11,13H2,1H3,(H,22,24). The number of ketones is 1. The Kier molecular flexibility index (Phi) is 6.77. The zero-order valence-electron chi connectivity index (χ0n) is 16.1. The fourth-order valence-electron chi connectivity index (χ4n) is 3.15. The molecule has 1 saturated heterocycles. The van der Waals surface area contributed by atoms with E-state index >= 15 is 0 Å². The predicted molar refractivity (Wildman–Crippen MR) is 109 cm³/mol.